The Morgan fingerprint density at radius 2 is 1.68 bits per heavy atom. The molecule has 1 aliphatic heterocycles. The lowest BCUT2D eigenvalue weighted by Crippen LogP contribution is -2.81. The molecule has 14 nitrogen and oxygen atoms in total. The molecule has 53 heavy (non-hydrogen) atoms. The number of aliphatic hydroxyl groups is 4. The normalized spacial score (nSPS) is 35.6. The van der Waals surface area contributed by atoms with E-state index in [-0.39, 0.29) is 36.5 Å². The predicted molar refractivity (Wildman–Crippen MR) is 186 cm³/mol. The summed E-state index contributed by atoms with van der Waals surface area (Å²) in [6.45, 7) is 10.1. The minimum absolute atomic E-state index is 0.0435. The average molecular weight is 744 g/mol. The van der Waals surface area contributed by atoms with Crippen molar-refractivity contribution >= 4 is 29.6 Å². The topological polar surface area (TPSA) is 215 Å². The molecule has 0 radical (unpaired) electrons. The monoisotopic (exact) mass is 743 g/mol. The van der Waals surface area contributed by atoms with Crippen LogP contribution in [-0.2, 0) is 42.9 Å². The second-order valence-corrected chi connectivity index (χ2v) is 15.8. The van der Waals surface area contributed by atoms with E-state index < -0.39 is 101 Å². The first-order valence-electron chi connectivity index (χ1n) is 18.3. The number of esters is 3. The highest BCUT2D eigenvalue weighted by atomic mass is 16.6. The fourth-order valence-electron chi connectivity index (χ4n) is 9.27. The Bertz CT molecular complexity index is 1640. The third-order valence-electron chi connectivity index (χ3n) is 12.3. The van der Waals surface area contributed by atoms with Gasteiger partial charge in [0.15, 0.2) is 23.6 Å². The van der Waals surface area contributed by atoms with Crippen LogP contribution in [0.3, 0.4) is 0 Å². The molecular weight excluding hydrogens is 690 g/mol. The maximum absolute atomic E-state index is 14.9. The fraction of sp³-hybridized carbons (Fsp3) is 0.667. The molecular formula is C39H53NO13. The zero-order valence-electron chi connectivity index (χ0n) is 31.4. The molecule has 1 aromatic rings. The number of hydrogen-bond acceptors (Lipinski definition) is 13. The minimum Gasteiger partial charge on any atom is -0.456 e. The molecule has 0 spiro atoms. The van der Waals surface area contributed by atoms with Gasteiger partial charge >= 0.3 is 17.9 Å². The first-order valence-corrected chi connectivity index (χ1v) is 18.3. The number of aliphatic hydroxyl groups excluding tert-OH is 3. The first kappa shape index (κ1) is 40.5. The van der Waals surface area contributed by atoms with Crippen molar-refractivity contribution in [2.24, 2.45) is 16.7 Å². The van der Waals surface area contributed by atoms with Gasteiger partial charge in [-0.05, 0) is 37.0 Å². The van der Waals surface area contributed by atoms with E-state index in [1.807, 2.05) is 6.92 Å². The molecule has 1 aromatic carbocycles. The quantitative estimate of drug-likeness (QED) is 0.0952. The highest BCUT2D eigenvalue weighted by molar-refractivity contribution is 5.95. The van der Waals surface area contributed by atoms with Gasteiger partial charge in [-0.25, -0.2) is 4.79 Å². The first-order chi connectivity index (χ1) is 24.8. The van der Waals surface area contributed by atoms with Gasteiger partial charge in [-0.3, -0.25) is 19.2 Å². The van der Waals surface area contributed by atoms with E-state index in [1.54, 1.807) is 44.2 Å². The van der Waals surface area contributed by atoms with Crippen LogP contribution in [-0.4, -0.2) is 104 Å². The summed E-state index contributed by atoms with van der Waals surface area (Å²) < 4.78 is 23.2. The number of hydrogen-bond donors (Lipinski definition) is 5. The van der Waals surface area contributed by atoms with Crippen molar-refractivity contribution in [2.75, 3.05) is 6.61 Å². The number of Topliss-reactive ketones (excluding diaryl/α,β-unsaturated/α-hetero) is 1. The minimum atomic E-state index is -2.29. The summed E-state index contributed by atoms with van der Waals surface area (Å²) in [6, 6.07) is 7.20. The van der Waals surface area contributed by atoms with Crippen LogP contribution >= 0.6 is 0 Å². The van der Waals surface area contributed by atoms with Gasteiger partial charge in [0.25, 0.3) is 0 Å². The molecule has 1 amide bonds. The van der Waals surface area contributed by atoms with Crippen LogP contribution in [0.1, 0.15) is 98.6 Å². The summed E-state index contributed by atoms with van der Waals surface area (Å²) in [4.78, 5) is 67.0. The number of unbranched alkanes of at least 4 members (excludes halogenated alkanes) is 2. The Hall–Kier alpha value is -3.69. The number of fused-ring (bicyclic) bond motifs is 5. The smallest absolute Gasteiger partial charge is 0.338 e. The van der Waals surface area contributed by atoms with Crippen molar-refractivity contribution < 1.29 is 63.3 Å². The van der Waals surface area contributed by atoms with Crippen LogP contribution in [0.2, 0.25) is 0 Å². The third kappa shape index (κ3) is 6.70. The average Bonchev–Trinajstić information content (AvgIpc) is 3.08. The van der Waals surface area contributed by atoms with Crippen LogP contribution in [0.5, 0.6) is 0 Å². The highest BCUT2D eigenvalue weighted by Crippen LogP contribution is 2.63. The number of benzene rings is 1. The largest absolute Gasteiger partial charge is 0.456 e. The number of amides is 1. The van der Waals surface area contributed by atoms with Crippen molar-refractivity contribution in [1.82, 2.24) is 5.32 Å². The van der Waals surface area contributed by atoms with Crippen LogP contribution in [0, 0.1) is 16.7 Å². The lowest BCUT2D eigenvalue weighted by molar-refractivity contribution is -0.346. The molecule has 1 saturated heterocycles. The van der Waals surface area contributed by atoms with E-state index in [0.717, 1.165) is 26.7 Å². The molecule has 3 fully saturated rings. The van der Waals surface area contributed by atoms with Gasteiger partial charge in [-0.1, -0.05) is 63.9 Å². The van der Waals surface area contributed by atoms with Crippen molar-refractivity contribution in [1.29, 1.82) is 0 Å². The zero-order chi connectivity index (χ0) is 39.3. The molecule has 0 aromatic heterocycles. The van der Waals surface area contributed by atoms with Gasteiger partial charge in [0.2, 0.25) is 5.91 Å². The number of ether oxygens (including phenoxy) is 4. The maximum atomic E-state index is 14.9. The number of rotatable bonds is 11. The summed E-state index contributed by atoms with van der Waals surface area (Å²) in [6.07, 6.45) is -7.51. The van der Waals surface area contributed by atoms with E-state index in [0.29, 0.717) is 12.0 Å². The second kappa shape index (κ2) is 14.9. The number of ketones is 1. The lowest BCUT2D eigenvalue weighted by Gasteiger charge is -2.67. The van der Waals surface area contributed by atoms with Gasteiger partial charge in [0, 0.05) is 44.4 Å². The van der Waals surface area contributed by atoms with Crippen molar-refractivity contribution in [3.63, 3.8) is 0 Å². The summed E-state index contributed by atoms with van der Waals surface area (Å²) in [5, 5.41) is 51.3. The molecule has 5 rings (SSSR count). The van der Waals surface area contributed by atoms with E-state index >= 15 is 0 Å². The maximum Gasteiger partial charge on any atom is 0.338 e. The Kier molecular flexibility index (Phi) is 11.4. The van der Waals surface area contributed by atoms with Gasteiger partial charge in [-0.15, -0.1) is 0 Å². The van der Waals surface area contributed by atoms with Crippen molar-refractivity contribution in [3.8, 4) is 0 Å². The summed E-state index contributed by atoms with van der Waals surface area (Å²) in [5.74, 6) is -5.44. The van der Waals surface area contributed by atoms with Gasteiger partial charge in [-0.2, -0.15) is 0 Å². The van der Waals surface area contributed by atoms with E-state index in [2.05, 4.69) is 5.32 Å². The molecule has 3 aliphatic carbocycles. The molecule has 11 atom stereocenters. The molecule has 14 heteroatoms. The molecule has 1 heterocycles. The summed E-state index contributed by atoms with van der Waals surface area (Å²) in [7, 11) is 0. The van der Waals surface area contributed by atoms with E-state index in [1.165, 1.54) is 13.8 Å². The van der Waals surface area contributed by atoms with Crippen LogP contribution in [0.4, 0.5) is 0 Å². The molecule has 4 aliphatic rings. The molecule has 5 N–H and O–H groups in total. The van der Waals surface area contributed by atoms with E-state index in [4.69, 9.17) is 18.9 Å². The predicted octanol–water partition coefficient (Wildman–Crippen LogP) is 2.14. The SMILES string of the molecule is CCCCCC(=O)N[C@@H](c1ccccc1)[C@@H](O)C(=O)O[C@H]1C[C@@]2(O)[C@@H](O)[C@@H]3[C@]4(OC(C)=O)CO[C@@H]4C[C@H](O)[C@@]3(C)C(=O)[C@H](OC(C)=O)C(=C1C)C2(C)C. The summed E-state index contributed by atoms with van der Waals surface area (Å²) >= 11 is 0. The van der Waals surface area contributed by atoms with Crippen LogP contribution in [0.15, 0.2) is 41.5 Å². The van der Waals surface area contributed by atoms with Crippen molar-refractivity contribution in [3.05, 3.63) is 47.0 Å². The van der Waals surface area contributed by atoms with Gasteiger partial charge in [0.05, 0.1) is 30.3 Å². The number of nitrogens with one attached hydrogen (secondary N) is 1. The molecule has 0 unspecified atom stereocenters. The number of carbonyl (C=O) groups is 5. The summed E-state index contributed by atoms with van der Waals surface area (Å²) in [5.41, 5.74) is -6.75. The molecule has 292 valence electrons. The standard InChI is InChI=1S/C39H53NO13/c1-8-9-11-16-27(44)40-29(23-14-12-10-13-15-23)30(45)35(48)52-24-18-39(49)34(47)32-37(7,25(43)17-26-38(32,19-50-26)53-22(4)42)33(46)31(51-21(3)41)28(20(24)2)36(39,5)6/h10,12-15,24-26,29-32,34,43,45,47,49H,8-9,11,16-19H2,1-7H3,(H,40,44)/t24-,25-,26+,29-,30+,31+,32-,34-,37+,38-,39+/m0/s1. The zero-order valence-corrected chi connectivity index (χ0v) is 31.4. The van der Waals surface area contributed by atoms with Gasteiger partial charge in [0.1, 0.15) is 17.8 Å². The Morgan fingerprint density at radius 3 is 2.25 bits per heavy atom. The van der Waals surface area contributed by atoms with Gasteiger partial charge < -0.3 is 44.7 Å². The van der Waals surface area contributed by atoms with E-state index in [9.17, 15) is 44.4 Å². The molecule has 2 bridgehead atoms. The van der Waals surface area contributed by atoms with Crippen molar-refractivity contribution in [2.45, 2.75) is 141 Å². The lowest BCUT2D eigenvalue weighted by atomic mass is 9.44. The fourth-order valence-corrected chi connectivity index (χ4v) is 9.27. The van der Waals surface area contributed by atoms with Crippen LogP contribution in [0.25, 0.3) is 0 Å². The Morgan fingerprint density at radius 1 is 1.02 bits per heavy atom. The Labute approximate surface area is 309 Å². The molecule has 2 saturated carbocycles. The third-order valence-corrected chi connectivity index (χ3v) is 12.3. The number of carbonyl (C=O) groups excluding carboxylic acids is 5. The van der Waals surface area contributed by atoms with Crippen LogP contribution < -0.4 is 5.32 Å². The second-order valence-electron chi connectivity index (χ2n) is 15.8. The Balaban J connectivity index is 1.60. The highest BCUT2D eigenvalue weighted by Gasteiger charge is 2.77.